The highest BCUT2D eigenvalue weighted by molar-refractivity contribution is 7.18. The molecular formula is C16H19ClN2O5S. The number of hydrogen-bond acceptors (Lipinski definition) is 6. The average Bonchev–Trinajstić information content (AvgIpc) is 3.08. The van der Waals surface area contributed by atoms with E-state index in [0.717, 1.165) is 29.1 Å². The maximum absolute atomic E-state index is 12.4. The number of unbranched alkanes of at least 4 members (excludes halogenated alkanes) is 1. The zero-order valence-electron chi connectivity index (χ0n) is 14.0. The van der Waals surface area contributed by atoms with E-state index in [4.69, 9.17) is 16.3 Å². The van der Waals surface area contributed by atoms with E-state index in [9.17, 15) is 19.2 Å². The number of Topliss-reactive ketones (excluding diaryl/α,β-unsaturated/α-hetero) is 1. The summed E-state index contributed by atoms with van der Waals surface area (Å²) in [4.78, 5) is 49.3. The fourth-order valence-electron chi connectivity index (χ4n) is 2.45. The van der Waals surface area contributed by atoms with Crippen LogP contribution in [0.5, 0.6) is 0 Å². The number of nitrogens with zero attached hydrogens (tertiary/aromatic N) is 1. The van der Waals surface area contributed by atoms with Crippen molar-refractivity contribution in [1.82, 2.24) is 10.2 Å². The zero-order valence-corrected chi connectivity index (χ0v) is 15.5. The van der Waals surface area contributed by atoms with Crippen molar-refractivity contribution in [3.8, 4) is 0 Å². The molecule has 0 saturated carbocycles. The van der Waals surface area contributed by atoms with Crippen molar-refractivity contribution in [2.24, 2.45) is 0 Å². The van der Waals surface area contributed by atoms with Crippen molar-refractivity contribution in [2.75, 3.05) is 13.2 Å². The quantitative estimate of drug-likeness (QED) is 0.421. The summed E-state index contributed by atoms with van der Waals surface area (Å²) in [5, 5.41) is 2.61. The Labute approximate surface area is 154 Å². The highest BCUT2D eigenvalue weighted by Gasteiger charge is 2.47. The predicted octanol–water partition coefficient (Wildman–Crippen LogP) is 2.63. The second-order valence-corrected chi connectivity index (χ2v) is 7.66. The van der Waals surface area contributed by atoms with Gasteiger partial charge in [0.2, 0.25) is 5.78 Å². The summed E-state index contributed by atoms with van der Waals surface area (Å²) in [5.41, 5.74) is -1.00. The number of carbonyl (C=O) groups is 4. The van der Waals surface area contributed by atoms with E-state index in [-0.39, 0.29) is 0 Å². The number of ether oxygens (including phenoxy) is 1. The van der Waals surface area contributed by atoms with Gasteiger partial charge in [-0.15, -0.1) is 11.3 Å². The predicted molar refractivity (Wildman–Crippen MR) is 92.8 cm³/mol. The van der Waals surface area contributed by atoms with Crippen molar-refractivity contribution in [3.63, 3.8) is 0 Å². The highest BCUT2D eigenvalue weighted by atomic mass is 35.5. The Bertz CT molecular complexity index is 704. The van der Waals surface area contributed by atoms with E-state index in [1.54, 1.807) is 19.1 Å². The molecule has 9 heteroatoms. The SMILES string of the molecule is CCCC[C@]1(C)NC(=O)N(CC(=O)OCC(=O)c2ccc(Cl)s2)C1=O. The summed E-state index contributed by atoms with van der Waals surface area (Å²) >= 11 is 6.83. The van der Waals surface area contributed by atoms with Gasteiger partial charge in [-0.25, -0.2) is 4.79 Å². The van der Waals surface area contributed by atoms with E-state index in [1.165, 1.54) is 0 Å². The standard InChI is InChI=1S/C16H19ClN2O5S/c1-3-4-7-16(2)14(22)19(15(23)18-16)8-13(21)24-9-10(20)11-5-6-12(17)25-11/h5-6H,3-4,7-9H2,1-2H3,(H,18,23)/t16-/m0/s1. The molecule has 0 radical (unpaired) electrons. The van der Waals surface area contributed by atoms with Gasteiger partial charge in [0, 0.05) is 0 Å². The van der Waals surface area contributed by atoms with Crippen molar-refractivity contribution >= 4 is 46.6 Å². The minimum Gasteiger partial charge on any atom is -0.456 e. The average molecular weight is 387 g/mol. The molecule has 0 aromatic carbocycles. The lowest BCUT2D eigenvalue weighted by atomic mass is 9.95. The van der Waals surface area contributed by atoms with Gasteiger partial charge in [-0.05, 0) is 25.5 Å². The number of carbonyl (C=O) groups excluding carboxylic acids is 4. The molecule has 0 unspecified atom stereocenters. The Balaban J connectivity index is 1.88. The first-order valence-corrected chi connectivity index (χ1v) is 9.04. The van der Waals surface area contributed by atoms with E-state index in [0.29, 0.717) is 15.6 Å². The number of imide groups is 1. The number of rotatable bonds is 8. The lowest BCUT2D eigenvalue weighted by molar-refractivity contribution is -0.146. The van der Waals surface area contributed by atoms with Crippen molar-refractivity contribution < 1.29 is 23.9 Å². The molecule has 2 rings (SSSR count). The van der Waals surface area contributed by atoms with Crippen LogP contribution in [0.15, 0.2) is 12.1 Å². The van der Waals surface area contributed by atoms with Crippen LogP contribution in [0.25, 0.3) is 0 Å². The van der Waals surface area contributed by atoms with Gasteiger partial charge in [0.25, 0.3) is 5.91 Å². The number of ketones is 1. The third kappa shape index (κ3) is 4.58. The molecule has 1 fully saturated rings. The maximum atomic E-state index is 12.4. The van der Waals surface area contributed by atoms with Crippen LogP contribution >= 0.6 is 22.9 Å². The number of hydrogen-bond donors (Lipinski definition) is 1. The largest absolute Gasteiger partial charge is 0.456 e. The molecule has 0 aliphatic carbocycles. The van der Waals surface area contributed by atoms with Gasteiger partial charge in [-0.1, -0.05) is 31.4 Å². The third-order valence-corrected chi connectivity index (χ3v) is 5.15. The molecule has 0 bridgehead atoms. The molecule has 7 nitrogen and oxygen atoms in total. The van der Waals surface area contributed by atoms with Gasteiger partial charge in [-0.3, -0.25) is 19.3 Å². The molecule has 1 atom stereocenters. The fourth-order valence-corrected chi connectivity index (χ4v) is 3.41. The Hall–Kier alpha value is -1.93. The molecule has 1 aromatic heterocycles. The first-order valence-electron chi connectivity index (χ1n) is 7.85. The summed E-state index contributed by atoms with van der Waals surface area (Å²) in [6.07, 6.45) is 2.16. The number of halogens is 1. The molecular weight excluding hydrogens is 368 g/mol. The maximum Gasteiger partial charge on any atom is 0.326 e. The number of thiophene rings is 1. The van der Waals surface area contributed by atoms with Crippen LogP contribution in [0.2, 0.25) is 4.34 Å². The topological polar surface area (TPSA) is 92.8 Å². The lowest BCUT2D eigenvalue weighted by Crippen LogP contribution is -2.44. The molecule has 1 aliphatic rings. The second kappa shape index (κ2) is 7.97. The van der Waals surface area contributed by atoms with Crippen molar-refractivity contribution in [2.45, 2.75) is 38.6 Å². The highest BCUT2D eigenvalue weighted by Crippen LogP contribution is 2.24. The van der Waals surface area contributed by atoms with Crippen molar-refractivity contribution in [3.05, 3.63) is 21.3 Å². The Kier molecular flexibility index (Phi) is 6.18. The number of esters is 1. The minimum atomic E-state index is -1.00. The van der Waals surface area contributed by atoms with Gasteiger partial charge in [0.15, 0.2) is 6.61 Å². The minimum absolute atomic E-state index is 0.375. The summed E-state index contributed by atoms with van der Waals surface area (Å²) < 4.78 is 5.34. The molecule has 25 heavy (non-hydrogen) atoms. The summed E-state index contributed by atoms with van der Waals surface area (Å²) in [7, 11) is 0. The Morgan fingerprint density at radius 2 is 2.08 bits per heavy atom. The normalized spacial score (nSPS) is 19.9. The fraction of sp³-hybridized carbons (Fsp3) is 0.500. The molecule has 1 aliphatic heterocycles. The van der Waals surface area contributed by atoms with Crippen molar-refractivity contribution in [1.29, 1.82) is 0 Å². The van der Waals surface area contributed by atoms with Gasteiger partial charge >= 0.3 is 12.0 Å². The molecule has 1 N–H and O–H groups in total. The molecule has 136 valence electrons. The van der Waals surface area contributed by atoms with E-state index < -0.39 is 42.4 Å². The molecule has 3 amide bonds. The number of amides is 3. The first-order chi connectivity index (χ1) is 11.8. The van der Waals surface area contributed by atoms with Crippen LogP contribution in [0.4, 0.5) is 4.79 Å². The van der Waals surface area contributed by atoms with Crippen LogP contribution in [-0.2, 0) is 14.3 Å². The van der Waals surface area contributed by atoms with E-state index in [1.807, 2.05) is 6.92 Å². The van der Waals surface area contributed by atoms with Crippen LogP contribution in [-0.4, -0.2) is 47.3 Å². The summed E-state index contributed by atoms with van der Waals surface area (Å²) in [5.74, 6) is -1.67. The molecule has 1 aromatic rings. The summed E-state index contributed by atoms with van der Waals surface area (Å²) in [6.45, 7) is 2.63. The van der Waals surface area contributed by atoms with Gasteiger partial charge < -0.3 is 10.1 Å². The van der Waals surface area contributed by atoms with Gasteiger partial charge in [0.05, 0.1) is 9.21 Å². The summed E-state index contributed by atoms with van der Waals surface area (Å²) in [6, 6.07) is 2.49. The molecule has 0 spiro atoms. The van der Waals surface area contributed by atoms with Crippen LogP contribution in [0, 0.1) is 0 Å². The molecule has 1 saturated heterocycles. The zero-order chi connectivity index (χ0) is 18.6. The first kappa shape index (κ1) is 19.4. The smallest absolute Gasteiger partial charge is 0.326 e. The third-order valence-electron chi connectivity index (χ3n) is 3.87. The van der Waals surface area contributed by atoms with Crippen LogP contribution < -0.4 is 5.32 Å². The van der Waals surface area contributed by atoms with Gasteiger partial charge in [0.1, 0.15) is 12.1 Å². The number of nitrogens with one attached hydrogen (secondary N) is 1. The van der Waals surface area contributed by atoms with Crippen LogP contribution in [0.3, 0.4) is 0 Å². The van der Waals surface area contributed by atoms with Crippen LogP contribution in [0.1, 0.15) is 42.8 Å². The van der Waals surface area contributed by atoms with Gasteiger partial charge in [-0.2, -0.15) is 0 Å². The number of urea groups is 1. The van der Waals surface area contributed by atoms with E-state index in [2.05, 4.69) is 5.32 Å². The second-order valence-electron chi connectivity index (χ2n) is 5.94. The lowest BCUT2D eigenvalue weighted by Gasteiger charge is -2.20. The van der Waals surface area contributed by atoms with E-state index >= 15 is 0 Å². The molecule has 2 heterocycles. The Morgan fingerprint density at radius 1 is 1.36 bits per heavy atom. The Morgan fingerprint density at radius 3 is 2.68 bits per heavy atom. The monoisotopic (exact) mass is 386 g/mol.